The molecule has 0 atom stereocenters. The molecule has 1 aliphatic rings. The van der Waals surface area contributed by atoms with E-state index in [0.717, 1.165) is 16.8 Å². The Hall–Kier alpha value is -3.95. The Bertz CT molecular complexity index is 1180. The Morgan fingerprint density at radius 3 is 2.86 bits per heavy atom. The molecule has 1 amide bonds. The van der Waals surface area contributed by atoms with E-state index >= 15 is 0 Å². The molecule has 2 N–H and O–H groups in total. The molecule has 0 radical (unpaired) electrons. The fraction of sp³-hybridized carbons (Fsp3) is 0.158. The number of hydrogen-bond acceptors (Lipinski definition) is 6. The monoisotopic (exact) mass is 393 g/mol. The van der Waals surface area contributed by atoms with Crippen molar-refractivity contribution in [3.8, 4) is 5.69 Å². The van der Waals surface area contributed by atoms with Gasteiger partial charge < -0.3 is 19.6 Å². The molecule has 0 unspecified atom stereocenters. The fourth-order valence-electron chi connectivity index (χ4n) is 3.17. The van der Waals surface area contributed by atoms with Crippen LogP contribution >= 0.6 is 0 Å². The van der Waals surface area contributed by atoms with E-state index in [-0.39, 0.29) is 5.82 Å². The number of nitrogens with one attached hydrogen (secondary N) is 2. The highest BCUT2D eigenvalue weighted by Gasteiger charge is 2.27. The molecule has 1 aromatic carbocycles. The average Bonchev–Trinajstić information content (AvgIpc) is 3.47. The number of benzene rings is 1. The van der Waals surface area contributed by atoms with Gasteiger partial charge in [-0.1, -0.05) is 0 Å². The van der Waals surface area contributed by atoms with Crippen LogP contribution in [0.3, 0.4) is 0 Å². The van der Waals surface area contributed by atoms with E-state index in [1.165, 1.54) is 17.0 Å². The van der Waals surface area contributed by atoms with Crippen molar-refractivity contribution in [2.24, 2.45) is 0 Å². The summed E-state index contributed by atoms with van der Waals surface area (Å²) in [7, 11) is 0. The number of rotatable bonds is 5. The van der Waals surface area contributed by atoms with Crippen LogP contribution < -0.4 is 10.2 Å². The van der Waals surface area contributed by atoms with Crippen LogP contribution in [0.1, 0.15) is 5.69 Å². The third-order valence-electron chi connectivity index (χ3n) is 4.60. The largest absolute Gasteiger partial charge is 0.447 e. The van der Waals surface area contributed by atoms with Gasteiger partial charge in [0.05, 0.1) is 30.5 Å². The van der Waals surface area contributed by atoms with Crippen molar-refractivity contribution in [3.63, 3.8) is 0 Å². The summed E-state index contributed by atoms with van der Waals surface area (Å²) in [5, 5.41) is 3.88. The summed E-state index contributed by atoms with van der Waals surface area (Å²) in [5.74, 6) is 0.578. The van der Waals surface area contributed by atoms with E-state index in [2.05, 4.69) is 25.3 Å². The van der Waals surface area contributed by atoms with Gasteiger partial charge >= 0.3 is 6.09 Å². The number of carbonyl (C=O) groups is 1. The quantitative estimate of drug-likeness (QED) is 0.541. The van der Waals surface area contributed by atoms with Crippen molar-refractivity contribution >= 4 is 28.9 Å². The first-order chi connectivity index (χ1) is 14.2. The van der Waals surface area contributed by atoms with Gasteiger partial charge in [0.15, 0.2) is 5.82 Å². The summed E-state index contributed by atoms with van der Waals surface area (Å²) in [5.41, 5.74) is 2.18. The Balaban J connectivity index is 1.37. The predicted molar refractivity (Wildman–Crippen MR) is 103 cm³/mol. The molecule has 9 nitrogen and oxygen atoms in total. The molecule has 1 aliphatic heterocycles. The highest BCUT2D eigenvalue weighted by molar-refractivity contribution is 5.98. The summed E-state index contributed by atoms with van der Waals surface area (Å²) in [6.45, 7) is 1.15. The molecule has 3 aromatic heterocycles. The zero-order valence-electron chi connectivity index (χ0n) is 15.2. The number of aromatic amines is 1. The highest BCUT2D eigenvalue weighted by Crippen LogP contribution is 2.27. The van der Waals surface area contributed by atoms with Crippen molar-refractivity contribution < 1.29 is 13.9 Å². The Morgan fingerprint density at radius 1 is 1.21 bits per heavy atom. The first-order valence-corrected chi connectivity index (χ1v) is 8.99. The minimum Gasteiger partial charge on any atom is -0.447 e. The molecule has 4 aromatic rings. The molecule has 29 heavy (non-hydrogen) atoms. The fourth-order valence-corrected chi connectivity index (χ4v) is 3.17. The maximum atomic E-state index is 13.1. The lowest BCUT2D eigenvalue weighted by molar-refractivity contribution is 0.181. The molecule has 10 heteroatoms. The lowest BCUT2D eigenvalue weighted by Crippen LogP contribution is -2.25. The minimum absolute atomic E-state index is 0.287. The van der Waals surface area contributed by atoms with Crippen LogP contribution in [-0.4, -0.2) is 43.7 Å². The second kappa shape index (κ2) is 6.89. The third-order valence-corrected chi connectivity index (χ3v) is 4.60. The average molecular weight is 393 g/mol. The summed E-state index contributed by atoms with van der Waals surface area (Å²) in [6, 6.07) is 7.98. The molecule has 5 rings (SSSR count). The standard InChI is InChI=1S/C19H16FN7O2/c20-12-1-3-14(4-2-12)26-10-13(23-11-26)9-22-18-24-16-15(5-6-21-16)17(25-18)27-7-8-29-19(27)28/h1-6,10-11H,7-9H2,(H2,21,22,24,25). The topological polar surface area (TPSA) is 101 Å². The van der Waals surface area contributed by atoms with Gasteiger partial charge in [-0.25, -0.2) is 14.2 Å². The zero-order chi connectivity index (χ0) is 19.8. The van der Waals surface area contributed by atoms with Gasteiger partial charge in [0.25, 0.3) is 0 Å². The number of cyclic esters (lactones) is 1. The first kappa shape index (κ1) is 17.2. The van der Waals surface area contributed by atoms with Gasteiger partial charge in [0.2, 0.25) is 5.95 Å². The summed E-state index contributed by atoms with van der Waals surface area (Å²) in [6.07, 6.45) is 4.82. The summed E-state index contributed by atoms with van der Waals surface area (Å²) < 4.78 is 19.9. The van der Waals surface area contributed by atoms with E-state index in [4.69, 9.17) is 4.74 Å². The number of amides is 1. The summed E-state index contributed by atoms with van der Waals surface area (Å²) in [4.78, 5) is 29.8. The number of anilines is 2. The number of imidazole rings is 1. The van der Waals surface area contributed by atoms with E-state index in [0.29, 0.717) is 37.1 Å². The second-order valence-electron chi connectivity index (χ2n) is 6.48. The van der Waals surface area contributed by atoms with E-state index < -0.39 is 6.09 Å². The molecule has 1 saturated heterocycles. The molecular formula is C19H16FN7O2. The number of carbonyl (C=O) groups excluding carboxylic acids is 1. The van der Waals surface area contributed by atoms with Crippen molar-refractivity contribution in [2.75, 3.05) is 23.4 Å². The Morgan fingerprint density at radius 2 is 2.07 bits per heavy atom. The Labute approximate surface area is 164 Å². The number of H-pyrrole nitrogens is 1. The number of halogens is 1. The van der Waals surface area contributed by atoms with E-state index in [1.54, 1.807) is 29.2 Å². The predicted octanol–water partition coefficient (Wildman–Crippen LogP) is 2.85. The van der Waals surface area contributed by atoms with E-state index in [9.17, 15) is 9.18 Å². The van der Waals surface area contributed by atoms with Gasteiger partial charge in [-0.2, -0.15) is 9.97 Å². The first-order valence-electron chi connectivity index (χ1n) is 8.99. The molecule has 0 aliphatic carbocycles. The molecule has 0 saturated carbocycles. The van der Waals surface area contributed by atoms with Gasteiger partial charge in [-0.3, -0.25) is 4.90 Å². The minimum atomic E-state index is -0.421. The maximum absolute atomic E-state index is 13.1. The van der Waals surface area contributed by atoms with Crippen molar-refractivity contribution in [1.29, 1.82) is 0 Å². The van der Waals surface area contributed by atoms with Crippen molar-refractivity contribution in [2.45, 2.75) is 6.54 Å². The lowest BCUT2D eigenvalue weighted by Gasteiger charge is -2.14. The van der Waals surface area contributed by atoms with Crippen LogP contribution in [0, 0.1) is 5.82 Å². The summed E-state index contributed by atoms with van der Waals surface area (Å²) >= 11 is 0. The number of ether oxygens (including phenoxy) is 1. The molecular weight excluding hydrogens is 377 g/mol. The molecule has 146 valence electrons. The van der Waals surface area contributed by atoms with Crippen LogP contribution in [0.2, 0.25) is 0 Å². The number of fused-ring (bicyclic) bond motifs is 1. The number of hydrogen-bond donors (Lipinski definition) is 2. The van der Waals surface area contributed by atoms with Gasteiger partial charge in [-0.05, 0) is 30.3 Å². The third kappa shape index (κ3) is 3.24. The van der Waals surface area contributed by atoms with Crippen LogP contribution in [0.25, 0.3) is 16.7 Å². The van der Waals surface area contributed by atoms with Gasteiger partial charge in [-0.15, -0.1) is 0 Å². The number of aromatic nitrogens is 5. The van der Waals surface area contributed by atoms with Gasteiger partial charge in [0.1, 0.15) is 18.1 Å². The smallest absolute Gasteiger partial charge is 0.415 e. The second-order valence-corrected chi connectivity index (χ2v) is 6.48. The Kier molecular flexibility index (Phi) is 4.08. The zero-order valence-corrected chi connectivity index (χ0v) is 15.2. The SMILES string of the molecule is O=C1OCCN1c1nc(NCc2cn(-c3ccc(F)cc3)cn2)nc2[nH]ccc12. The highest BCUT2D eigenvalue weighted by atomic mass is 19.1. The van der Waals surface area contributed by atoms with Crippen LogP contribution in [0.5, 0.6) is 0 Å². The molecule has 1 fully saturated rings. The maximum Gasteiger partial charge on any atom is 0.415 e. The van der Waals surface area contributed by atoms with Crippen molar-refractivity contribution in [1.82, 2.24) is 24.5 Å². The van der Waals surface area contributed by atoms with Crippen molar-refractivity contribution in [3.05, 3.63) is 60.6 Å². The van der Waals surface area contributed by atoms with Crippen LogP contribution in [0.15, 0.2) is 49.1 Å². The van der Waals surface area contributed by atoms with Crippen LogP contribution in [0.4, 0.5) is 21.0 Å². The molecule has 0 spiro atoms. The van der Waals surface area contributed by atoms with E-state index in [1.807, 2.05) is 12.3 Å². The molecule has 0 bridgehead atoms. The van der Waals surface area contributed by atoms with Gasteiger partial charge in [0, 0.05) is 18.1 Å². The van der Waals surface area contributed by atoms with Crippen LogP contribution in [-0.2, 0) is 11.3 Å². The lowest BCUT2D eigenvalue weighted by atomic mass is 10.3. The number of nitrogens with zero attached hydrogens (tertiary/aromatic N) is 5. The normalized spacial score (nSPS) is 13.8. The molecule has 4 heterocycles.